The summed E-state index contributed by atoms with van der Waals surface area (Å²) < 4.78 is 5.02. The second-order valence-electron chi connectivity index (χ2n) is 5.51. The van der Waals surface area contributed by atoms with Crippen molar-refractivity contribution >= 4 is 17.6 Å². The van der Waals surface area contributed by atoms with Gasteiger partial charge in [-0.05, 0) is 37.8 Å². The number of para-hydroxylation sites is 1. The molecule has 1 fully saturated rings. The number of anilines is 1. The van der Waals surface area contributed by atoms with Gasteiger partial charge in [-0.1, -0.05) is 12.1 Å². The number of rotatable bonds is 6. The number of benzene rings is 1. The average molecular weight is 301 g/mol. The summed E-state index contributed by atoms with van der Waals surface area (Å²) in [5.74, 6) is -0.862. The Morgan fingerprint density at radius 2 is 2.09 bits per heavy atom. The number of nitriles is 1. The zero-order valence-corrected chi connectivity index (χ0v) is 12.7. The molecule has 1 atom stereocenters. The monoisotopic (exact) mass is 301 g/mol. The van der Waals surface area contributed by atoms with Crippen LogP contribution in [-0.4, -0.2) is 31.1 Å². The first-order valence-electron chi connectivity index (χ1n) is 7.16. The molecule has 6 heteroatoms. The summed E-state index contributed by atoms with van der Waals surface area (Å²) in [7, 11) is 1.70. The van der Waals surface area contributed by atoms with Crippen LogP contribution in [0.5, 0.6) is 0 Å². The number of esters is 1. The maximum absolute atomic E-state index is 12.0. The molecule has 6 nitrogen and oxygen atoms in total. The molecule has 0 saturated heterocycles. The van der Waals surface area contributed by atoms with E-state index in [0.717, 1.165) is 12.8 Å². The summed E-state index contributed by atoms with van der Waals surface area (Å²) >= 11 is 0. The molecule has 1 saturated carbocycles. The lowest BCUT2D eigenvalue weighted by Gasteiger charge is -2.22. The Morgan fingerprint density at radius 1 is 1.41 bits per heavy atom. The Bertz CT molecular complexity index is 619. The van der Waals surface area contributed by atoms with Crippen molar-refractivity contribution in [1.29, 1.82) is 5.26 Å². The van der Waals surface area contributed by atoms with Crippen LogP contribution in [0.4, 0.5) is 5.69 Å². The Labute approximate surface area is 129 Å². The second kappa shape index (κ2) is 6.48. The molecule has 2 rings (SSSR count). The first-order valence-corrected chi connectivity index (χ1v) is 7.16. The number of carbonyl (C=O) groups is 2. The Kier molecular flexibility index (Phi) is 4.66. The van der Waals surface area contributed by atoms with E-state index in [0.29, 0.717) is 11.3 Å². The number of amides is 1. The fourth-order valence-corrected chi connectivity index (χ4v) is 2.30. The van der Waals surface area contributed by atoms with Crippen LogP contribution in [0.15, 0.2) is 24.3 Å². The van der Waals surface area contributed by atoms with Crippen molar-refractivity contribution in [2.75, 3.05) is 19.0 Å². The van der Waals surface area contributed by atoms with Crippen molar-refractivity contribution in [2.45, 2.75) is 25.3 Å². The molecule has 1 amide bonds. The summed E-state index contributed by atoms with van der Waals surface area (Å²) in [5, 5.41) is 14.7. The molecule has 1 aromatic rings. The molecular weight excluding hydrogens is 282 g/mol. The molecule has 1 aromatic carbocycles. The molecule has 2 N–H and O–H groups in total. The molecular formula is C16H19N3O3. The minimum Gasteiger partial charge on any atom is -0.452 e. The molecule has 0 spiro atoms. The third-order valence-electron chi connectivity index (χ3n) is 3.78. The van der Waals surface area contributed by atoms with Gasteiger partial charge in [0.1, 0.15) is 5.54 Å². The number of ether oxygens (including phenoxy) is 1. The molecule has 1 aliphatic carbocycles. The summed E-state index contributed by atoms with van der Waals surface area (Å²) in [5.41, 5.74) is 0.114. The smallest absolute Gasteiger partial charge is 0.340 e. The molecule has 1 aliphatic rings. The lowest BCUT2D eigenvalue weighted by atomic mass is 9.98. The average Bonchev–Trinajstić information content (AvgIpc) is 3.37. The van der Waals surface area contributed by atoms with Crippen molar-refractivity contribution in [2.24, 2.45) is 5.92 Å². The van der Waals surface area contributed by atoms with E-state index in [1.807, 2.05) is 0 Å². The van der Waals surface area contributed by atoms with Crippen LogP contribution in [0.1, 0.15) is 30.1 Å². The van der Waals surface area contributed by atoms with Gasteiger partial charge < -0.3 is 15.4 Å². The normalized spacial score (nSPS) is 16.0. The standard InChI is InChI=1S/C16H19N3O3/c1-16(10-17,11-7-8-11)19-14(20)9-22-15(21)12-5-3-4-6-13(12)18-2/h3-6,11,18H,7-9H2,1-2H3,(H,19,20)/t16-/m1/s1. The van der Waals surface area contributed by atoms with Gasteiger partial charge in [-0.2, -0.15) is 5.26 Å². The van der Waals surface area contributed by atoms with Gasteiger partial charge in [0.05, 0.1) is 11.6 Å². The third kappa shape index (κ3) is 3.55. The topological polar surface area (TPSA) is 91.2 Å². The molecule has 116 valence electrons. The molecule has 22 heavy (non-hydrogen) atoms. The van der Waals surface area contributed by atoms with Crippen molar-refractivity contribution in [3.8, 4) is 6.07 Å². The third-order valence-corrected chi connectivity index (χ3v) is 3.78. The zero-order valence-electron chi connectivity index (χ0n) is 12.7. The summed E-state index contributed by atoms with van der Waals surface area (Å²) in [6.45, 7) is 1.29. The van der Waals surface area contributed by atoms with E-state index in [1.165, 1.54) is 0 Å². The van der Waals surface area contributed by atoms with E-state index in [2.05, 4.69) is 16.7 Å². The van der Waals surface area contributed by atoms with E-state index in [9.17, 15) is 14.9 Å². The highest BCUT2D eigenvalue weighted by molar-refractivity contribution is 5.96. The first kappa shape index (κ1) is 15.8. The van der Waals surface area contributed by atoms with Gasteiger partial charge >= 0.3 is 5.97 Å². The van der Waals surface area contributed by atoms with E-state index in [4.69, 9.17) is 4.74 Å². The van der Waals surface area contributed by atoms with Gasteiger partial charge in [0, 0.05) is 12.7 Å². The van der Waals surface area contributed by atoms with E-state index in [1.54, 1.807) is 38.2 Å². The highest BCUT2D eigenvalue weighted by Gasteiger charge is 2.43. The lowest BCUT2D eigenvalue weighted by Crippen LogP contribution is -2.48. The van der Waals surface area contributed by atoms with Gasteiger partial charge in [0.15, 0.2) is 6.61 Å². The van der Waals surface area contributed by atoms with E-state index >= 15 is 0 Å². The minimum atomic E-state index is -0.883. The highest BCUT2D eigenvalue weighted by Crippen LogP contribution is 2.39. The zero-order chi connectivity index (χ0) is 16.2. The lowest BCUT2D eigenvalue weighted by molar-refractivity contribution is -0.125. The SMILES string of the molecule is CNc1ccccc1C(=O)OCC(=O)N[C@](C)(C#N)C1CC1. The van der Waals surface area contributed by atoms with Crippen LogP contribution in [0.25, 0.3) is 0 Å². The number of carbonyl (C=O) groups excluding carboxylic acids is 2. The number of nitrogens with one attached hydrogen (secondary N) is 2. The van der Waals surface area contributed by atoms with E-state index < -0.39 is 24.0 Å². The largest absolute Gasteiger partial charge is 0.452 e. The predicted molar refractivity (Wildman–Crippen MR) is 81.2 cm³/mol. The quantitative estimate of drug-likeness (QED) is 0.780. The summed E-state index contributed by atoms with van der Waals surface area (Å²) in [6.07, 6.45) is 1.86. The predicted octanol–water partition coefficient (Wildman–Crippen LogP) is 1.69. The molecule has 0 unspecified atom stereocenters. The number of hydrogen-bond acceptors (Lipinski definition) is 5. The highest BCUT2D eigenvalue weighted by atomic mass is 16.5. The van der Waals surface area contributed by atoms with Gasteiger partial charge in [0.2, 0.25) is 0 Å². The van der Waals surface area contributed by atoms with Crippen molar-refractivity contribution in [3.05, 3.63) is 29.8 Å². The Hall–Kier alpha value is -2.55. The fraction of sp³-hybridized carbons (Fsp3) is 0.438. The van der Waals surface area contributed by atoms with Crippen LogP contribution >= 0.6 is 0 Å². The van der Waals surface area contributed by atoms with E-state index in [-0.39, 0.29) is 5.92 Å². The molecule has 0 radical (unpaired) electrons. The number of nitrogens with zero attached hydrogens (tertiary/aromatic N) is 1. The molecule has 0 aromatic heterocycles. The molecule has 0 heterocycles. The summed E-state index contributed by atoms with van der Waals surface area (Å²) in [6, 6.07) is 9.01. The molecule has 0 bridgehead atoms. The van der Waals surface area contributed by atoms with Crippen LogP contribution < -0.4 is 10.6 Å². The maximum Gasteiger partial charge on any atom is 0.340 e. The Balaban J connectivity index is 1.91. The first-order chi connectivity index (χ1) is 10.5. The second-order valence-corrected chi connectivity index (χ2v) is 5.51. The number of hydrogen-bond donors (Lipinski definition) is 2. The van der Waals surface area contributed by atoms with Gasteiger partial charge in [-0.15, -0.1) is 0 Å². The maximum atomic E-state index is 12.0. The fourth-order valence-electron chi connectivity index (χ4n) is 2.30. The van der Waals surface area contributed by atoms with Crippen LogP contribution in [0, 0.1) is 17.2 Å². The van der Waals surface area contributed by atoms with Crippen LogP contribution in [-0.2, 0) is 9.53 Å². The van der Waals surface area contributed by atoms with Gasteiger partial charge in [0.25, 0.3) is 5.91 Å². The van der Waals surface area contributed by atoms with Gasteiger partial charge in [-0.25, -0.2) is 4.79 Å². The van der Waals surface area contributed by atoms with Crippen LogP contribution in [0.2, 0.25) is 0 Å². The summed E-state index contributed by atoms with van der Waals surface area (Å²) in [4.78, 5) is 23.9. The van der Waals surface area contributed by atoms with Crippen LogP contribution in [0.3, 0.4) is 0 Å². The van der Waals surface area contributed by atoms with Crippen molar-refractivity contribution in [3.63, 3.8) is 0 Å². The van der Waals surface area contributed by atoms with Gasteiger partial charge in [-0.3, -0.25) is 4.79 Å². The van der Waals surface area contributed by atoms with Crippen molar-refractivity contribution < 1.29 is 14.3 Å². The Morgan fingerprint density at radius 3 is 2.68 bits per heavy atom. The van der Waals surface area contributed by atoms with Crippen molar-refractivity contribution in [1.82, 2.24) is 5.32 Å². The minimum absolute atomic E-state index is 0.183. The molecule has 0 aliphatic heterocycles.